The van der Waals surface area contributed by atoms with Crippen molar-refractivity contribution in [3.63, 3.8) is 0 Å². The molecule has 0 unspecified atom stereocenters. The van der Waals surface area contributed by atoms with Gasteiger partial charge in [-0.15, -0.1) is 0 Å². The second kappa shape index (κ2) is 5.41. The topological polar surface area (TPSA) is 55.1 Å². The molecule has 0 aromatic heterocycles. The molecule has 0 radical (unpaired) electrons. The minimum atomic E-state index is 0.0669. The number of halogens is 1. The number of nitrogens with one attached hydrogen (secondary N) is 1. The summed E-state index contributed by atoms with van der Waals surface area (Å²) in [6.07, 6.45) is 5.48. The van der Waals surface area contributed by atoms with Gasteiger partial charge in [0.05, 0.1) is 10.7 Å². The number of nitrogen functional groups attached to an aromatic ring is 1. The number of benzene rings is 1. The normalized spacial score (nSPS) is 16.8. The van der Waals surface area contributed by atoms with Gasteiger partial charge in [-0.3, -0.25) is 4.79 Å². The molecule has 1 aliphatic rings. The molecular formula is C13H17ClN2O. The molecule has 0 bridgehead atoms. The summed E-state index contributed by atoms with van der Waals surface area (Å²) in [6, 6.07) is 5.12. The van der Waals surface area contributed by atoms with E-state index in [4.69, 9.17) is 17.3 Å². The summed E-state index contributed by atoms with van der Waals surface area (Å²) >= 11 is 6.01. The van der Waals surface area contributed by atoms with E-state index < -0.39 is 0 Å². The molecule has 3 nitrogen and oxygen atoms in total. The minimum absolute atomic E-state index is 0.0669. The first-order valence-corrected chi connectivity index (χ1v) is 6.40. The lowest BCUT2D eigenvalue weighted by Gasteiger charge is -2.21. The van der Waals surface area contributed by atoms with Crippen molar-refractivity contribution in [3.8, 4) is 0 Å². The molecule has 17 heavy (non-hydrogen) atoms. The van der Waals surface area contributed by atoms with E-state index in [9.17, 15) is 4.79 Å². The van der Waals surface area contributed by atoms with Crippen LogP contribution in [0.4, 0.5) is 11.4 Å². The van der Waals surface area contributed by atoms with E-state index in [1.165, 1.54) is 6.42 Å². The molecule has 1 fully saturated rings. The van der Waals surface area contributed by atoms with Gasteiger partial charge in [0.15, 0.2) is 0 Å². The van der Waals surface area contributed by atoms with Crippen molar-refractivity contribution in [2.75, 3.05) is 11.1 Å². The summed E-state index contributed by atoms with van der Waals surface area (Å²) in [4.78, 5) is 12.0. The Balaban J connectivity index is 2.04. The van der Waals surface area contributed by atoms with Gasteiger partial charge < -0.3 is 11.1 Å². The highest BCUT2D eigenvalue weighted by Crippen LogP contribution is 2.28. The monoisotopic (exact) mass is 252 g/mol. The number of nitrogens with two attached hydrogens (primary N) is 1. The number of carbonyl (C=O) groups is 1. The zero-order valence-corrected chi connectivity index (χ0v) is 10.5. The average molecular weight is 253 g/mol. The van der Waals surface area contributed by atoms with Crippen LogP contribution in [0.15, 0.2) is 18.2 Å². The van der Waals surface area contributed by atoms with E-state index in [2.05, 4.69) is 5.32 Å². The third kappa shape index (κ3) is 3.13. The second-order valence-electron chi connectivity index (χ2n) is 4.56. The molecule has 92 valence electrons. The fourth-order valence-electron chi connectivity index (χ4n) is 2.24. The molecule has 1 aliphatic carbocycles. The number of rotatable bonds is 2. The highest BCUT2D eigenvalue weighted by Gasteiger charge is 2.21. The maximum absolute atomic E-state index is 12.0. The maximum Gasteiger partial charge on any atom is 0.227 e. The lowest BCUT2D eigenvalue weighted by Crippen LogP contribution is -2.24. The Kier molecular flexibility index (Phi) is 3.89. The standard InChI is InChI=1S/C13H17ClN2O/c14-11-7-6-10(15)8-12(11)16-13(17)9-4-2-1-3-5-9/h6-9H,1-5,15H2,(H,16,17). The predicted octanol–water partition coefficient (Wildman–Crippen LogP) is 3.44. The molecule has 1 aromatic carbocycles. The van der Waals surface area contributed by atoms with Gasteiger partial charge in [0.1, 0.15) is 0 Å². The Hall–Kier alpha value is -1.22. The smallest absolute Gasteiger partial charge is 0.227 e. The van der Waals surface area contributed by atoms with Crippen LogP contribution < -0.4 is 11.1 Å². The molecule has 0 spiro atoms. The fourth-order valence-corrected chi connectivity index (χ4v) is 2.40. The Bertz CT molecular complexity index is 414. The van der Waals surface area contributed by atoms with Crippen molar-refractivity contribution in [1.29, 1.82) is 0 Å². The van der Waals surface area contributed by atoms with Crippen molar-refractivity contribution in [3.05, 3.63) is 23.2 Å². The molecule has 0 heterocycles. The van der Waals surface area contributed by atoms with Gasteiger partial charge in [0, 0.05) is 11.6 Å². The number of hydrogen-bond donors (Lipinski definition) is 2. The van der Waals surface area contributed by atoms with Crippen LogP contribution >= 0.6 is 11.6 Å². The second-order valence-corrected chi connectivity index (χ2v) is 4.97. The summed E-state index contributed by atoms with van der Waals surface area (Å²) in [6.45, 7) is 0. The lowest BCUT2D eigenvalue weighted by atomic mass is 9.88. The highest BCUT2D eigenvalue weighted by atomic mass is 35.5. The first-order chi connectivity index (χ1) is 8.16. The zero-order valence-electron chi connectivity index (χ0n) is 9.71. The molecule has 1 aromatic rings. The third-order valence-corrected chi connectivity index (χ3v) is 3.55. The van der Waals surface area contributed by atoms with Crippen molar-refractivity contribution in [1.82, 2.24) is 0 Å². The van der Waals surface area contributed by atoms with E-state index in [1.54, 1.807) is 18.2 Å². The first-order valence-electron chi connectivity index (χ1n) is 6.02. The first kappa shape index (κ1) is 12.2. The van der Waals surface area contributed by atoms with Gasteiger partial charge in [0.2, 0.25) is 5.91 Å². The van der Waals surface area contributed by atoms with Crippen molar-refractivity contribution >= 4 is 28.9 Å². The largest absolute Gasteiger partial charge is 0.399 e. The number of carbonyl (C=O) groups excluding carboxylic acids is 1. The van der Waals surface area contributed by atoms with E-state index in [0.29, 0.717) is 16.4 Å². The average Bonchev–Trinajstić information content (AvgIpc) is 2.35. The Morgan fingerprint density at radius 3 is 2.71 bits per heavy atom. The lowest BCUT2D eigenvalue weighted by molar-refractivity contribution is -0.120. The van der Waals surface area contributed by atoms with E-state index in [1.807, 2.05) is 0 Å². The van der Waals surface area contributed by atoms with Crippen LogP contribution in [0.2, 0.25) is 5.02 Å². The fraction of sp³-hybridized carbons (Fsp3) is 0.462. The van der Waals surface area contributed by atoms with Gasteiger partial charge in [-0.05, 0) is 31.0 Å². The third-order valence-electron chi connectivity index (χ3n) is 3.22. The van der Waals surface area contributed by atoms with Crippen LogP contribution in [0.5, 0.6) is 0 Å². The molecule has 1 saturated carbocycles. The molecule has 1 amide bonds. The van der Waals surface area contributed by atoms with Crippen LogP contribution in [0.25, 0.3) is 0 Å². The molecule has 0 aliphatic heterocycles. The van der Waals surface area contributed by atoms with E-state index >= 15 is 0 Å². The summed E-state index contributed by atoms with van der Waals surface area (Å²) in [5, 5.41) is 3.40. The van der Waals surface area contributed by atoms with Gasteiger partial charge in [-0.2, -0.15) is 0 Å². The summed E-state index contributed by atoms with van der Waals surface area (Å²) in [5.74, 6) is 0.193. The highest BCUT2D eigenvalue weighted by molar-refractivity contribution is 6.33. The van der Waals surface area contributed by atoms with Gasteiger partial charge >= 0.3 is 0 Å². The van der Waals surface area contributed by atoms with E-state index in [0.717, 1.165) is 25.7 Å². The summed E-state index contributed by atoms with van der Waals surface area (Å²) < 4.78 is 0. The Morgan fingerprint density at radius 2 is 2.00 bits per heavy atom. The van der Waals surface area contributed by atoms with Crippen molar-refractivity contribution in [2.24, 2.45) is 5.92 Å². The van der Waals surface area contributed by atoms with Crippen LogP contribution in [0, 0.1) is 5.92 Å². The summed E-state index contributed by atoms with van der Waals surface area (Å²) in [5.41, 5.74) is 6.89. The molecular weight excluding hydrogens is 236 g/mol. The summed E-state index contributed by atoms with van der Waals surface area (Å²) in [7, 11) is 0. The maximum atomic E-state index is 12.0. The van der Waals surface area contributed by atoms with Crippen molar-refractivity contribution < 1.29 is 4.79 Å². The van der Waals surface area contributed by atoms with Gasteiger partial charge in [-0.1, -0.05) is 30.9 Å². The number of anilines is 2. The molecule has 3 N–H and O–H groups in total. The minimum Gasteiger partial charge on any atom is -0.399 e. The molecule has 0 saturated heterocycles. The SMILES string of the molecule is Nc1ccc(Cl)c(NC(=O)C2CCCCC2)c1. The van der Waals surface area contributed by atoms with Crippen LogP contribution in [-0.2, 0) is 4.79 Å². The van der Waals surface area contributed by atoms with Gasteiger partial charge in [-0.25, -0.2) is 0 Å². The number of amides is 1. The molecule has 4 heteroatoms. The van der Waals surface area contributed by atoms with Crippen LogP contribution in [0.3, 0.4) is 0 Å². The van der Waals surface area contributed by atoms with Crippen LogP contribution in [0.1, 0.15) is 32.1 Å². The predicted molar refractivity (Wildman–Crippen MR) is 71.1 cm³/mol. The molecule has 2 rings (SSSR count). The van der Waals surface area contributed by atoms with Gasteiger partial charge in [0.25, 0.3) is 0 Å². The van der Waals surface area contributed by atoms with Crippen molar-refractivity contribution in [2.45, 2.75) is 32.1 Å². The molecule has 0 atom stereocenters. The Morgan fingerprint density at radius 1 is 1.29 bits per heavy atom. The quantitative estimate of drug-likeness (QED) is 0.793. The number of hydrogen-bond acceptors (Lipinski definition) is 2. The van der Waals surface area contributed by atoms with E-state index in [-0.39, 0.29) is 11.8 Å². The van der Waals surface area contributed by atoms with Crippen LogP contribution in [-0.4, -0.2) is 5.91 Å². The zero-order chi connectivity index (χ0) is 12.3. The Labute approximate surface area is 106 Å².